The van der Waals surface area contributed by atoms with E-state index in [0.717, 1.165) is 24.6 Å². The summed E-state index contributed by atoms with van der Waals surface area (Å²) in [7, 11) is 0.443. The van der Waals surface area contributed by atoms with Crippen molar-refractivity contribution in [2.45, 2.75) is 0 Å². The third kappa shape index (κ3) is 1.82. The maximum Gasteiger partial charge on any atom is 0.0238 e. The minimum atomic E-state index is -1.39. The van der Waals surface area contributed by atoms with E-state index in [9.17, 15) is 4.55 Å². The Bertz CT molecular complexity index is 93.0. The van der Waals surface area contributed by atoms with Gasteiger partial charge in [-0.05, 0) is 7.05 Å². The molecule has 0 aromatic rings. The van der Waals surface area contributed by atoms with E-state index in [0.29, 0.717) is 0 Å². The lowest BCUT2D eigenvalue weighted by Gasteiger charge is -2.36. The van der Waals surface area contributed by atoms with Crippen LogP contribution >= 0.6 is 10.5 Å². The Balaban J connectivity index is 2.37. The topological polar surface area (TPSA) is 44.3 Å². The highest BCUT2D eigenvalue weighted by Gasteiger charge is 2.20. The molecule has 0 amide bonds. The van der Waals surface area contributed by atoms with Crippen molar-refractivity contribution in [2.75, 3.05) is 31.6 Å². The van der Waals surface area contributed by atoms with Gasteiger partial charge in [0.25, 0.3) is 0 Å². The lowest BCUT2D eigenvalue weighted by Crippen LogP contribution is -2.38. The molecule has 0 saturated carbocycles. The van der Waals surface area contributed by atoms with Gasteiger partial charge in [0.2, 0.25) is 0 Å². The van der Waals surface area contributed by atoms with Gasteiger partial charge in [-0.1, -0.05) is 10.5 Å². The van der Waals surface area contributed by atoms with E-state index in [1.807, 2.05) is 7.05 Å². The van der Waals surface area contributed by atoms with Gasteiger partial charge in [-0.15, -0.1) is 0 Å². The zero-order valence-electron chi connectivity index (χ0n) is 5.68. The van der Waals surface area contributed by atoms with Crippen molar-refractivity contribution in [2.24, 2.45) is 0 Å². The fraction of sp³-hybridized carbons (Fsp3) is 1.00. The first-order chi connectivity index (χ1) is 4.27. The lowest BCUT2D eigenvalue weighted by atomic mass is 10.6. The van der Waals surface area contributed by atoms with Gasteiger partial charge in [-0.25, -0.2) is 0 Å². The number of nitrogens with one attached hydrogen (secondary N) is 2. The molecule has 3 nitrogen and oxygen atoms in total. The Kier molecular flexibility index (Phi) is 2.35. The van der Waals surface area contributed by atoms with Crippen molar-refractivity contribution >= 4 is 10.5 Å². The van der Waals surface area contributed by atoms with Crippen LogP contribution in [0.25, 0.3) is 0 Å². The Hall–Kier alpha value is 0.230. The summed E-state index contributed by atoms with van der Waals surface area (Å²) in [5.41, 5.74) is 0. The second-order valence-corrected chi connectivity index (χ2v) is 5.11. The second-order valence-electron chi connectivity index (χ2n) is 2.20. The first kappa shape index (κ1) is 7.34. The molecule has 1 aliphatic rings. The van der Waals surface area contributed by atoms with Crippen molar-refractivity contribution in [1.82, 2.24) is 10.0 Å². The first-order valence-corrected chi connectivity index (χ1v) is 5.10. The third-order valence-corrected chi connectivity index (χ3v) is 4.13. The fourth-order valence-corrected chi connectivity index (χ4v) is 2.49. The first-order valence-electron chi connectivity index (χ1n) is 3.17. The summed E-state index contributed by atoms with van der Waals surface area (Å²) < 4.78 is 12.6. The third-order valence-electron chi connectivity index (χ3n) is 1.61. The summed E-state index contributed by atoms with van der Waals surface area (Å²) in [6.45, 7) is 1.90. The van der Waals surface area contributed by atoms with Crippen LogP contribution in [0.4, 0.5) is 0 Å². The highest BCUT2D eigenvalue weighted by molar-refractivity contribution is 8.27. The molecule has 1 rings (SSSR count). The molecule has 0 aromatic heterocycles. The van der Waals surface area contributed by atoms with Gasteiger partial charge < -0.3 is 9.87 Å². The monoisotopic (exact) mass is 150 g/mol. The van der Waals surface area contributed by atoms with Crippen molar-refractivity contribution in [3.8, 4) is 0 Å². The zero-order valence-corrected chi connectivity index (χ0v) is 6.50. The Morgan fingerprint density at radius 2 is 2.00 bits per heavy atom. The van der Waals surface area contributed by atoms with Crippen LogP contribution in [0.5, 0.6) is 0 Å². The average molecular weight is 150 g/mol. The number of rotatable bonds is 1. The smallest absolute Gasteiger partial charge is 0.0238 e. The lowest BCUT2D eigenvalue weighted by molar-refractivity contribution is 0.588. The van der Waals surface area contributed by atoms with Gasteiger partial charge >= 0.3 is 0 Å². The van der Waals surface area contributed by atoms with Crippen LogP contribution in [-0.4, -0.2) is 36.2 Å². The molecular formula is C5H14N2OS. The molecule has 0 bridgehead atoms. The van der Waals surface area contributed by atoms with E-state index in [-0.39, 0.29) is 0 Å². The summed E-state index contributed by atoms with van der Waals surface area (Å²) in [6.07, 6.45) is 0. The Morgan fingerprint density at radius 1 is 1.44 bits per heavy atom. The van der Waals surface area contributed by atoms with E-state index >= 15 is 0 Å². The van der Waals surface area contributed by atoms with E-state index in [1.54, 1.807) is 0 Å². The van der Waals surface area contributed by atoms with Crippen LogP contribution in [0.2, 0.25) is 0 Å². The van der Waals surface area contributed by atoms with Gasteiger partial charge in [0, 0.05) is 24.6 Å². The van der Waals surface area contributed by atoms with Gasteiger partial charge in [0.1, 0.15) is 0 Å². The molecule has 0 radical (unpaired) electrons. The van der Waals surface area contributed by atoms with Gasteiger partial charge in [0.15, 0.2) is 0 Å². The fourth-order valence-electron chi connectivity index (χ4n) is 0.913. The molecular weight excluding hydrogens is 136 g/mol. The van der Waals surface area contributed by atoms with Crippen molar-refractivity contribution in [1.29, 1.82) is 0 Å². The van der Waals surface area contributed by atoms with E-state index in [4.69, 9.17) is 0 Å². The summed E-state index contributed by atoms with van der Waals surface area (Å²) >= 11 is 0. The standard InChI is InChI=1S/C5H14N2OS/c1-6-9(8)4-2-7-3-5-9/h6-8H,2-5H2,1H3. The van der Waals surface area contributed by atoms with Crippen molar-refractivity contribution < 1.29 is 4.55 Å². The summed E-state index contributed by atoms with van der Waals surface area (Å²) in [6, 6.07) is 0. The summed E-state index contributed by atoms with van der Waals surface area (Å²) in [5.74, 6) is 1.78. The Morgan fingerprint density at radius 3 is 2.33 bits per heavy atom. The average Bonchev–Trinajstić information content (AvgIpc) is 1.90. The minimum Gasteiger partial charge on any atom is -0.338 e. The normalized spacial score (nSPS) is 29.6. The second kappa shape index (κ2) is 2.88. The molecule has 0 unspecified atom stereocenters. The highest BCUT2D eigenvalue weighted by atomic mass is 32.3. The molecule has 1 saturated heterocycles. The molecule has 3 N–H and O–H groups in total. The predicted octanol–water partition coefficient (Wildman–Crippen LogP) is 0.00160. The maximum atomic E-state index is 9.61. The molecule has 0 atom stereocenters. The highest BCUT2D eigenvalue weighted by Crippen LogP contribution is 2.37. The predicted molar refractivity (Wildman–Crippen MR) is 41.9 cm³/mol. The van der Waals surface area contributed by atoms with E-state index in [1.165, 1.54) is 0 Å². The summed E-state index contributed by atoms with van der Waals surface area (Å²) in [5, 5.41) is 3.20. The number of hydrogen-bond donors (Lipinski definition) is 3. The molecule has 1 heterocycles. The van der Waals surface area contributed by atoms with Gasteiger partial charge in [0.05, 0.1) is 0 Å². The van der Waals surface area contributed by atoms with Crippen molar-refractivity contribution in [3.63, 3.8) is 0 Å². The van der Waals surface area contributed by atoms with Crippen LogP contribution in [0.15, 0.2) is 0 Å². The van der Waals surface area contributed by atoms with Crippen LogP contribution in [0.3, 0.4) is 0 Å². The van der Waals surface area contributed by atoms with Crippen LogP contribution in [0, 0.1) is 0 Å². The van der Waals surface area contributed by atoms with Crippen LogP contribution < -0.4 is 10.0 Å². The van der Waals surface area contributed by atoms with E-state index < -0.39 is 10.5 Å². The molecule has 9 heavy (non-hydrogen) atoms. The maximum absolute atomic E-state index is 9.61. The number of hydrogen-bond acceptors (Lipinski definition) is 3. The SMILES string of the molecule is CNS1(O)CCNCC1. The minimum absolute atomic E-state index is 0.892. The summed E-state index contributed by atoms with van der Waals surface area (Å²) in [4.78, 5) is 0. The van der Waals surface area contributed by atoms with Crippen LogP contribution in [0.1, 0.15) is 0 Å². The van der Waals surface area contributed by atoms with Gasteiger partial charge in [-0.2, -0.15) is 0 Å². The molecule has 0 aromatic carbocycles. The van der Waals surface area contributed by atoms with Crippen molar-refractivity contribution in [3.05, 3.63) is 0 Å². The molecule has 4 heteroatoms. The quantitative estimate of drug-likeness (QED) is 0.493. The van der Waals surface area contributed by atoms with Gasteiger partial charge in [-0.3, -0.25) is 4.72 Å². The molecule has 1 fully saturated rings. The molecule has 0 aliphatic carbocycles. The van der Waals surface area contributed by atoms with Crippen LogP contribution in [-0.2, 0) is 0 Å². The zero-order chi connectivity index (χ0) is 6.74. The Labute approximate surface area is 57.5 Å². The molecule has 0 spiro atoms. The molecule has 56 valence electrons. The molecule has 1 aliphatic heterocycles. The van der Waals surface area contributed by atoms with E-state index in [2.05, 4.69) is 10.0 Å². The largest absolute Gasteiger partial charge is 0.338 e.